The Balaban J connectivity index is 3.06. The number of benzene rings is 1. The van der Waals surface area contributed by atoms with Crippen LogP contribution in [-0.4, -0.2) is 75.6 Å². The highest BCUT2D eigenvalue weighted by Gasteiger charge is 2.30. The third-order valence-corrected chi connectivity index (χ3v) is 4.97. The first-order valence-corrected chi connectivity index (χ1v) is 10.8. The highest BCUT2D eigenvalue weighted by atomic mass is 32.1. The van der Waals surface area contributed by atoms with E-state index < -0.39 is 72.5 Å². The Morgan fingerprint density at radius 3 is 1.77 bits per heavy atom. The lowest BCUT2D eigenvalue weighted by atomic mass is 10.0. The Morgan fingerprint density at radius 1 is 0.800 bits per heavy atom. The minimum Gasteiger partial charge on any atom is -0.508 e. The molecule has 0 spiro atoms. The number of carboxylic acid groups (broad SMARTS) is 1. The average molecular weight is 513 g/mol. The van der Waals surface area contributed by atoms with Gasteiger partial charge in [-0.1, -0.05) is 12.1 Å². The second-order valence-corrected chi connectivity index (χ2v) is 7.89. The molecule has 0 aliphatic heterocycles. The molecule has 0 aromatic heterocycles. The van der Waals surface area contributed by atoms with Gasteiger partial charge in [0, 0.05) is 12.2 Å². The summed E-state index contributed by atoms with van der Waals surface area (Å²) < 4.78 is 0. The lowest BCUT2D eigenvalue weighted by Crippen LogP contribution is -2.58. The second kappa shape index (κ2) is 13.8. The number of nitrogens with two attached hydrogens (primary N) is 3. The third kappa shape index (κ3) is 10.3. The van der Waals surface area contributed by atoms with Crippen LogP contribution in [0, 0.1) is 0 Å². The molecule has 0 heterocycles. The number of aromatic hydroxyl groups is 1. The molecule has 5 amide bonds. The van der Waals surface area contributed by atoms with E-state index in [9.17, 15) is 39.0 Å². The van der Waals surface area contributed by atoms with Crippen LogP contribution >= 0.6 is 12.6 Å². The number of primary amides is 2. The third-order valence-electron chi connectivity index (χ3n) is 4.60. The number of carboxylic acids is 1. The zero-order valence-electron chi connectivity index (χ0n) is 18.5. The number of aliphatic carboxylic acids is 1. The van der Waals surface area contributed by atoms with Crippen LogP contribution in [0.15, 0.2) is 24.3 Å². The fourth-order valence-electron chi connectivity index (χ4n) is 2.81. The first-order valence-electron chi connectivity index (χ1n) is 10.2. The molecule has 15 heteroatoms. The van der Waals surface area contributed by atoms with Crippen molar-refractivity contribution in [3.8, 4) is 5.75 Å². The van der Waals surface area contributed by atoms with E-state index in [1.165, 1.54) is 24.3 Å². The number of hydrogen-bond donors (Lipinski definition) is 9. The molecule has 0 aliphatic rings. The van der Waals surface area contributed by atoms with Gasteiger partial charge in [0.05, 0.1) is 18.9 Å². The van der Waals surface area contributed by atoms with Crippen molar-refractivity contribution in [1.29, 1.82) is 0 Å². The maximum Gasteiger partial charge on any atom is 0.326 e. The van der Waals surface area contributed by atoms with Crippen LogP contribution in [0.25, 0.3) is 0 Å². The van der Waals surface area contributed by atoms with Gasteiger partial charge in [-0.05, 0) is 17.7 Å². The molecule has 1 aromatic carbocycles. The number of rotatable bonds is 14. The summed E-state index contributed by atoms with van der Waals surface area (Å²) in [6.45, 7) is 0. The summed E-state index contributed by atoms with van der Waals surface area (Å²) in [5.41, 5.74) is 16.1. The van der Waals surface area contributed by atoms with Gasteiger partial charge in [-0.25, -0.2) is 4.79 Å². The number of carbonyl (C=O) groups excluding carboxylic acids is 5. The van der Waals surface area contributed by atoms with Crippen molar-refractivity contribution in [2.45, 2.75) is 43.4 Å². The van der Waals surface area contributed by atoms with E-state index in [1.54, 1.807) is 0 Å². The van der Waals surface area contributed by atoms with E-state index in [2.05, 4.69) is 28.6 Å². The van der Waals surface area contributed by atoms with E-state index >= 15 is 0 Å². The van der Waals surface area contributed by atoms with Crippen LogP contribution in [0.1, 0.15) is 18.4 Å². The lowest BCUT2D eigenvalue weighted by molar-refractivity contribution is -0.143. The molecule has 1 aromatic rings. The minimum atomic E-state index is -1.65. The molecule has 0 radical (unpaired) electrons. The molecule has 35 heavy (non-hydrogen) atoms. The summed E-state index contributed by atoms with van der Waals surface area (Å²) in [6, 6.07) is 0.0318. The Morgan fingerprint density at radius 2 is 1.29 bits per heavy atom. The maximum atomic E-state index is 12.8. The normalized spacial score (nSPS) is 14.0. The Labute approximate surface area is 205 Å². The highest BCUT2D eigenvalue weighted by molar-refractivity contribution is 7.80. The van der Waals surface area contributed by atoms with Gasteiger partial charge in [0.15, 0.2) is 0 Å². The quantitative estimate of drug-likeness (QED) is 0.112. The van der Waals surface area contributed by atoms with Crippen molar-refractivity contribution in [2.24, 2.45) is 17.2 Å². The van der Waals surface area contributed by atoms with Gasteiger partial charge in [-0.2, -0.15) is 12.6 Å². The Hall–Kier alpha value is -3.85. The number of carbonyl (C=O) groups is 6. The molecule has 0 aliphatic carbocycles. The van der Waals surface area contributed by atoms with Crippen LogP contribution in [0.5, 0.6) is 5.75 Å². The molecule has 11 N–H and O–H groups in total. The predicted octanol–water partition coefficient (Wildman–Crippen LogP) is -3.52. The topological polar surface area (TPSA) is 257 Å². The van der Waals surface area contributed by atoms with Gasteiger partial charge in [0.1, 0.15) is 23.9 Å². The fraction of sp³-hybridized carbons (Fsp3) is 0.400. The van der Waals surface area contributed by atoms with E-state index in [4.69, 9.17) is 17.2 Å². The molecule has 4 unspecified atom stereocenters. The standard InChI is InChI=1S/C20H28N6O8S/c21-11(6-15(22)28)17(30)26-14(8-35)19(32)24-12(5-9-1-3-10(27)4-2-9)18(31)25-13(20(33)34)7-16(23)29/h1-4,11-14,27,35H,5-8,21H2,(H2,22,28)(H2,23,29)(H,24,32)(H,25,31)(H,26,30)(H,33,34). The van der Waals surface area contributed by atoms with Crippen molar-refractivity contribution < 1.29 is 39.0 Å². The molecule has 0 saturated carbocycles. The zero-order chi connectivity index (χ0) is 26.7. The van der Waals surface area contributed by atoms with Crippen molar-refractivity contribution in [3.63, 3.8) is 0 Å². The van der Waals surface area contributed by atoms with Gasteiger partial charge < -0.3 is 43.4 Å². The molecule has 0 bridgehead atoms. The van der Waals surface area contributed by atoms with Crippen LogP contribution in [0.4, 0.5) is 0 Å². The number of thiol groups is 1. The fourth-order valence-corrected chi connectivity index (χ4v) is 3.06. The molecule has 0 fully saturated rings. The van der Waals surface area contributed by atoms with Crippen LogP contribution in [0.2, 0.25) is 0 Å². The second-order valence-electron chi connectivity index (χ2n) is 7.52. The van der Waals surface area contributed by atoms with Crippen LogP contribution in [-0.2, 0) is 35.2 Å². The molecular formula is C20H28N6O8S. The van der Waals surface area contributed by atoms with Crippen molar-refractivity contribution >= 4 is 48.1 Å². The largest absolute Gasteiger partial charge is 0.508 e. The number of hydrogen-bond acceptors (Lipinski definition) is 9. The number of nitrogens with one attached hydrogen (secondary N) is 3. The SMILES string of the molecule is NC(=O)CC(N)C(=O)NC(CS)C(=O)NC(Cc1ccc(O)cc1)C(=O)NC(CC(N)=O)C(=O)O. The minimum absolute atomic E-state index is 0.0451. The van der Waals surface area contributed by atoms with E-state index in [1.807, 2.05) is 0 Å². The molecule has 192 valence electrons. The van der Waals surface area contributed by atoms with E-state index in [0.29, 0.717) is 5.56 Å². The van der Waals surface area contributed by atoms with Crippen LogP contribution < -0.4 is 33.2 Å². The maximum absolute atomic E-state index is 12.8. The summed E-state index contributed by atoms with van der Waals surface area (Å²) in [4.78, 5) is 71.3. The molecule has 4 atom stereocenters. The average Bonchev–Trinajstić information content (AvgIpc) is 2.76. The number of phenols is 1. The van der Waals surface area contributed by atoms with Crippen molar-refractivity contribution in [1.82, 2.24) is 16.0 Å². The first-order chi connectivity index (χ1) is 16.3. The molecule has 1 rings (SSSR count). The predicted molar refractivity (Wildman–Crippen MR) is 125 cm³/mol. The van der Waals surface area contributed by atoms with Gasteiger partial charge in [-0.3, -0.25) is 24.0 Å². The monoisotopic (exact) mass is 512 g/mol. The highest BCUT2D eigenvalue weighted by Crippen LogP contribution is 2.12. The van der Waals surface area contributed by atoms with Crippen molar-refractivity contribution in [2.75, 3.05) is 5.75 Å². The van der Waals surface area contributed by atoms with Crippen LogP contribution in [0.3, 0.4) is 0 Å². The summed E-state index contributed by atoms with van der Waals surface area (Å²) in [5.74, 6) is -6.24. The number of amides is 5. The zero-order valence-corrected chi connectivity index (χ0v) is 19.4. The molecular weight excluding hydrogens is 484 g/mol. The Bertz CT molecular complexity index is 957. The summed E-state index contributed by atoms with van der Waals surface area (Å²) >= 11 is 4.01. The van der Waals surface area contributed by atoms with Gasteiger partial charge in [0.25, 0.3) is 0 Å². The van der Waals surface area contributed by atoms with E-state index in [-0.39, 0.29) is 17.9 Å². The summed E-state index contributed by atoms with van der Waals surface area (Å²) in [7, 11) is 0. The summed E-state index contributed by atoms with van der Waals surface area (Å²) in [6.07, 6.45) is -1.29. The van der Waals surface area contributed by atoms with E-state index in [0.717, 1.165) is 0 Å². The molecule has 14 nitrogen and oxygen atoms in total. The smallest absolute Gasteiger partial charge is 0.326 e. The van der Waals surface area contributed by atoms with Gasteiger partial charge >= 0.3 is 5.97 Å². The van der Waals surface area contributed by atoms with Crippen molar-refractivity contribution in [3.05, 3.63) is 29.8 Å². The van der Waals surface area contributed by atoms with Gasteiger partial charge in [-0.15, -0.1) is 0 Å². The molecule has 0 saturated heterocycles. The number of phenolic OH excluding ortho intramolecular Hbond substituents is 1. The first kappa shape index (κ1) is 29.2. The summed E-state index contributed by atoms with van der Waals surface area (Å²) in [5, 5.41) is 25.5. The Kier molecular flexibility index (Phi) is 11.5. The van der Waals surface area contributed by atoms with Gasteiger partial charge in [0.2, 0.25) is 29.5 Å². The lowest BCUT2D eigenvalue weighted by Gasteiger charge is -2.24.